The van der Waals surface area contributed by atoms with Gasteiger partial charge in [0.25, 0.3) is 5.91 Å². The quantitative estimate of drug-likeness (QED) is 0.179. The van der Waals surface area contributed by atoms with E-state index in [1.807, 2.05) is 18.2 Å². The monoisotopic (exact) mass is 820 g/mol. The van der Waals surface area contributed by atoms with Crippen molar-refractivity contribution in [1.82, 2.24) is 20.0 Å². The number of piperazine rings is 2. The van der Waals surface area contributed by atoms with Gasteiger partial charge in [-0.3, -0.25) is 29.5 Å². The standard InChI is InChI=1S/C51H60N6O4/c58-43-16-19-45-37(31-43)12-17-44(35-6-2-1-3-7-35)49(45)36-10-13-41(14-11-36)55-26-22-53(23-27-55)32-38-8-4-5-9-39(38)33-54-24-28-56(29-25-54)42-15-18-46-40(30-42)34-57(51(46)61)47-20-21-48(59)52-50(47)60/h1-3,6-7,10-11,13-16,18-19,30-31,38-39,44,47,49,58H,4-5,8-9,12,17,20-29,32-34H2,(H,52,59,60)/t38-,39-,44?,47?,49?/m1/s1. The summed E-state index contributed by atoms with van der Waals surface area (Å²) in [7, 11) is 0. The molecule has 4 aromatic rings. The van der Waals surface area contributed by atoms with Gasteiger partial charge >= 0.3 is 0 Å². The van der Waals surface area contributed by atoms with E-state index < -0.39 is 6.04 Å². The summed E-state index contributed by atoms with van der Waals surface area (Å²) in [5, 5.41) is 12.7. The van der Waals surface area contributed by atoms with Crippen molar-refractivity contribution < 1.29 is 19.5 Å². The molecular formula is C51H60N6O4. The van der Waals surface area contributed by atoms with Crippen molar-refractivity contribution >= 4 is 29.1 Å². The first-order valence-corrected chi connectivity index (χ1v) is 23.0. The molecule has 10 nitrogen and oxygen atoms in total. The fraction of sp³-hybridized carbons (Fsp3) is 0.471. The first-order valence-electron chi connectivity index (χ1n) is 23.0. The molecule has 4 heterocycles. The summed E-state index contributed by atoms with van der Waals surface area (Å²) in [6.45, 7) is 11.2. The number of carbonyl (C=O) groups is 3. The van der Waals surface area contributed by atoms with Crippen LogP contribution >= 0.6 is 0 Å². The number of benzene rings is 4. The maximum absolute atomic E-state index is 13.2. The average Bonchev–Trinajstić information content (AvgIpc) is 3.62. The molecule has 0 aromatic heterocycles. The second-order valence-electron chi connectivity index (χ2n) is 18.6. The lowest BCUT2D eigenvalue weighted by Crippen LogP contribution is -2.52. The van der Waals surface area contributed by atoms with E-state index in [4.69, 9.17) is 0 Å². The zero-order valence-electron chi connectivity index (χ0n) is 35.4. The summed E-state index contributed by atoms with van der Waals surface area (Å²) >= 11 is 0. The van der Waals surface area contributed by atoms with Gasteiger partial charge in [0.1, 0.15) is 11.8 Å². The molecule has 0 radical (unpaired) electrons. The van der Waals surface area contributed by atoms with E-state index in [-0.39, 0.29) is 30.1 Å². The molecular weight excluding hydrogens is 761 g/mol. The Morgan fingerprint density at radius 1 is 0.607 bits per heavy atom. The molecule has 3 amide bonds. The summed E-state index contributed by atoms with van der Waals surface area (Å²) in [6.07, 6.45) is 8.07. The van der Waals surface area contributed by atoms with Gasteiger partial charge in [-0.15, -0.1) is 0 Å². The van der Waals surface area contributed by atoms with E-state index in [1.165, 1.54) is 66.7 Å². The Balaban J connectivity index is 0.716. The molecule has 10 rings (SSSR count). The molecule has 61 heavy (non-hydrogen) atoms. The number of hydrogen-bond donors (Lipinski definition) is 2. The van der Waals surface area contributed by atoms with Gasteiger partial charge < -0.3 is 19.8 Å². The number of fused-ring (bicyclic) bond motifs is 2. The molecule has 2 N–H and O–H groups in total. The minimum atomic E-state index is -0.583. The number of nitrogens with zero attached hydrogens (tertiary/aromatic N) is 5. The topological polar surface area (TPSA) is 99.7 Å². The molecule has 10 heteroatoms. The number of imide groups is 1. The SMILES string of the molecule is O=C1CCC(N2Cc3cc(N4CCN(C[C@H]5CCCC[C@@H]5CN5CCN(c6ccc(C7c8ccc(O)cc8CCC7c7ccccc7)cc6)CC5)CC4)ccc3C2=O)C(=O)N1. The van der Waals surface area contributed by atoms with Crippen molar-refractivity contribution in [2.45, 2.75) is 75.8 Å². The van der Waals surface area contributed by atoms with Crippen LogP contribution in [0, 0.1) is 11.8 Å². The molecule has 4 fully saturated rings. The van der Waals surface area contributed by atoms with E-state index in [2.05, 4.69) is 97.7 Å². The van der Waals surface area contributed by atoms with Crippen LogP contribution in [0.3, 0.4) is 0 Å². The highest BCUT2D eigenvalue weighted by atomic mass is 16.3. The molecule has 0 spiro atoms. The number of piperidine rings is 1. The van der Waals surface area contributed by atoms with Crippen LogP contribution in [-0.2, 0) is 22.6 Å². The number of anilines is 2. The third-order valence-corrected chi connectivity index (χ3v) is 15.1. The summed E-state index contributed by atoms with van der Waals surface area (Å²) in [4.78, 5) is 49.5. The molecule has 6 aliphatic rings. The summed E-state index contributed by atoms with van der Waals surface area (Å²) in [5.41, 5.74) is 9.48. The Hall–Kier alpha value is -5.19. The van der Waals surface area contributed by atoms with Crippen molar-refractivity contribution in [2.24, 2.45) is 11.8 Å². The average molecular weight is 821 g/mol. The second-order valence-corrected chi connectivity index (χ2v) is 18.6. The van der Waals surface area contributed by atoms with Crippen molar-refractivity contribution in [1.29, 1.82) is 0 Å². The number of nitrogens with one attached hydrogen (secondary N) is 1. The maximum atomic E-state index is 13.2. The highest BCUT2D eigenvalue weighted by molar-refractivity contribution is 6.05. The molecule has 4 aromatic carbocycles. The van der Waals surface area contributed by atoms with Crippen molar-refractivity contribution in [3.05, 3.63) is 124 Å². The van der Waals surface area contributed by atoms with Crippen LogP contribution in [0.4, 0.5) is 11.4 Å². The predicted octanol–water partition coefficient (Wildman–Crippen LogP) is 6.77. The maximum Gasteiger partial charge on any atom is 0.255 e. The predicted molar refractivity (Wildman–Crippen MR) is 239 cm³/mol. The van der Waals surface area contributed by atoms with E-state index in [0.717, 1.165) is 88.3 Å². The Morgan fingerprint density at radius 2 is 1.26 bits per heavy atom. The van der Waals surface area contributed by atoms with Gasteiger partial charge in [0, 0.05) is 101 Å². The van der Waals surface area contributed by atoms with Crippen molar-refractivity contribution in [3.8, 4) is 5.75 Å². The summed E-state index contributed by atoms with van der Waals surface area (Å²) in [6, 6.07) is 31.9. The molecule has 0 bridgehead atoms. The minimum Gasteiger partial charge on any atom is -0.508 e. The van der Waals surface area contributed by atoms with E-state index in [0.29, 0.717) is 30.2 Å². The highest BCUT2D eigenvalue weighted by Gasteiger charge is 2.40. The Bertz CT molecular complexity index is 2230. The molecule has 2 aliphatic carbocycles. The van der Waals surface area contributed by atoms with E-state index in [9.17, 15) is 19.5 Å². The lowest BCUT2D eigenvalue weighted by Gasteiger charge is -2.43. The van der Waals surface area contributed by atoms with Gasteiger partial charge in [-0.1, -0.05) is 61.4 Å². The van der Waals surface area contributed by atoms with Gasteiger partial charge in [0.2, 0.25) is 11.8 Å². The number of aryl methyl sites for hydroxylation is 1. The zero-order valence-corrected chi connectivity index (χ0v) is 35.4. The van der Waals surface area contributed by atoms with Crippen LogP contribution in [0.1, 0.15) is 95.0 Å². The normalized spacial score (nSPS) is 26.3. The molecule has 318 valence electrons. The molecule has 3 saturated heterocycles. The number of aromatic hydroxyl groups is 1. The Labute approximate surface area is 360 Å². The summed E-state index contributed by atoms with van der Waals surface area (Å²) < 4.78 is 0. The molecule has 3 unspecified atom stereocenters. The van der Waals surface area contributed by atoms with E-state index in [1.54, 1.807) is 4.90 Å². The Kier molecular flexibility index (Phi) is 11.3. The smallest absolute Gasteiger partial charge is 0.255 e. The highest BCUT2D eigenvalue weighted by Crippen LogP contribution is 2.47. The first kappa shape index (κ1) is 39.9. The molecule has 5 atom stereocenters. The fourth-order valence-electron chi connectivity index (χ4n) is 11.7. The van der Waals surface area contributed by atoms with Gasteiger partial charge in [0.15, 0.2) is 0 Å². The van der Waals surface area contributed by atoms with Crippen molar-refractivity contribution in [3.63, 3.8) is 0 Å². The van der Waals surface area contributed by atoms with Gasteiger partial charge in [-0.2, -0.15) is 0 Å². The van der Waals surface area contributed by atoms with E-state index >= 15 is 0 Å². The van der Waals surface area contributed by atoms with Crippen molar-refractivity contribution in [2.75, 3.05) is 75.2 Å². The van der Waals surface area contributed by atoms with Crippen LogP contribution in [0.25, 0.3) is 0 Å². The summed E-state index contributed by atoms with van der Waals surface area (Å²) in [5.74, 6) is 1.79. The van der Waals surface area contributed by atoms with Crippen LogP contribution in [0.2, 0.25) is 0 Å². The lowest BCUT2D eigenvalue weighted by atomic mass is 9.69. The first-order chi connectivity index (χ1) is 29.8. The minimum absolute atomic E-state index is 0.113. The number of hydrogen-bond acceptors (Lipinski definition) is 8. The lowest BCUT2D eigenvalue weighted by molar-refractivity contribution is -0.136. The zero-order chi connectivity index (χ0) is 41.5. The number of carbonyl (C=O) groups excluding carboxylic acids is 3. The van der Waals surface area contributed by atoms with Crippen LogP contribution in [0.5, 0.6) is 5.75 Å². The van der Waals surface area contributed by atoms with Crippen LogP contribution < -0.4 is 15.1 Å². The third kappa shape index (κ3) is 8.29. The molecule has 1 saturated carbocycles. The van der Waals surface area contributed by atoms with Gasteiger partial charge in [-0.25, -0.2) is 0 Å². The number of phenolic OH excluding ortho intramolecular Hbond substituents is 1. The number of phenols is 1. The largest absolute Gasteiger partial charge is 0.508 e. The number of rotatable bonds is 9. The molecule has 4 aliphatic heterocycles. The fourth-order valence-corrected chi connectivity index (χ4v) is 11.7. The van der Waals surface area contributed by atoms with Gasteiger partial charge in [0.05, 0.1) is 0 Å². The second kappa shape index (κ2) is 17.3. The van der Waals surface area contributed by atoms with Crippen LogP contribution in [0.15, 0.2) is 91.0 Å². The Morgan fingerprint density at radius 3 is 1.93 bits per heavy atom. The third-order valence-electron chi connectivity index (χ3n) is 15.1. The van der Waals surface area contributed by atoms with Crippen LogP contribution in [-0.4, -0.2) is 109 Å². The van der Waals surface area contributed by atoms with Gasteiger partial charge in [-0.05, 0) is 120 Å². The number of amides is 3.